The first-order valence-electron chi connectivity index (χ1n) is 5.46. The topological polar surface area (TPSA) is 94.0 Å². The Morgan fingerprint density at radius 1 is 1.42 bits per heavy atom. The smallest absolute Gasteiger partial charge is 0.321 e. The van der Waals surface area contributed by atoms with Crippen molar-refractivity contribution in [3.63, 3.8) is 0 Å². The lowest BCUT2D eigenvalue weighted by molar-refractivity contribution is -0.120. The maximum absolute atomic E-state index is 11.7. The van der Waals surface area contributed by atoms with Gasteiger partial charge in [-0.25, -0.2) is 4.79 Å². The molecule has 0 aliphatic heterocycles. The van der Waals surface area contributed by atoms with Crippen LogP contribution in [0.4, 0.5) is 10.5 Å². The van der Waals surface area contributed by atoms with Crippen molar-refractivity contribution in [3.8, 4) is 6.07 Å². The van der Waals surface area contributed by atoms with E-state index in [1.54, 1.807) is 25.1 Å². The number of imide groups is 1. The highest BCUT2D eigenvalue weighted by molar-refractivity contribution is 9.10. The molecular weight excluding hydrogens is 312 g/mol. The van der Waals surface area contributed by atoms with E-state index < -0.39 is 18.0 Å². The largest absolute Gasteiger partial charge is 0.373 e. The molecular formula is C12H13BrN4O2. The van der Waals surface area contributed by atoms with E-state index in [9.17, 15) is 9.59 Å². The van der Waals surface area contributed by atoms with Gasteiger partial charge in [0.05, 0.1) is 11.3 Å². The van der Waals surface area contributed by atoms with Gasteiger partial charge in [-0.3, -0.25) is 10.1 Å². The lowest BCUT2D eigenvalue weighted by Crippen LogP contribution is -2.44. The van der Waals surface area contributed by atoms with Crippen molar-refractivity contribution in [1.82, 2.24) is 10.6 Å². The van der Waals surface area contributed by atoms with Crippen molar-refractivity contribution in [1.29, 1.82) is 5.26 Å². The van der Waals surface area contributed by atoms with Crippen molar-refractivity contribution in [2.24, 2.45) is 0 Å². The van der Waals surface area contributed by atoms with E-state index in [-0.39, 0.29) is 0 Å². The Kier molecular flexibility index (Phi) is 5.33. The van der Waals surface area contributed by atoms with Crippen LogP contribution >= 0.6 is 15.9 Å². The second-order valence-electron chi connectivity index (χ2n) is 3.74. The lowest BCUT2D eigenvalue weighted by atomic mass is 10.1. The molecule has 6 nitrogen and oxygen atoms in total. The highest BCUT2D eigenvalue weighted by Crippen LogP contribution is 2.20. The summed E-state index contributed by atoms with van der Waals surface area (Å²) in [6.45, 7) is 1.60. The van der Waals surface area contributed by atoms with Crippen LogP contribution in [0, 0.1) is 11.3 Å². The summed E-state index contributed by atoms with van der Waals surface area (Å²) in [6, 6.07) is 5.90. The van der Waals surface area contributed by atoms with E-state index in [1.165, 1.54) is 7.05 Å². The fourth-order valence-electron chi connectivity index (χ4n) is 1.32. The van der Waals surface area contributed by atoms with Crippen LogP contribution in [-0.2, 0) is 4.79 Å². The van der Waals surface area contributed by atoms with E-state index in [0.717, 1.165) is 4.47 Å². The van der Waals surface area contributed by atoms with Crippen molar-refractivity contribution in [3.05, 3.63) is 28.2 Å². The van der Waals surface area contributed by atoms with Crippen LogP contribution < -0.4 is 16.0 Å². The van der Waals surface area contributed by atoms with E-state index >= 15 is 0 Å². The van der Waals surface area contributed by atoms with E-state index in [0.29, 0.717) is 11.3 Å². The lowest BCUT2D eigenvalue weighted by Gasteiger charge is -2.15. The summed E-state index contributed by atoms with van der Waals surface area (Å²) in [5.74, 6) is -0.480. The SMILES string of the molecule is CNC(=O)NC(=O)C(C)Nc1ccc(Br)cc1C#N. The zero-order valence-corrected chi connectivity index (χ0v) is 12.0. The molecule has 0 spiro atoms. The molecule has 0 heterocycles. The number of halogens is 1. The number of rotatable bonds is 3. The molecule has 3 amide bonds. The average molecular weight is 325 g/mol. The molecule has 1 atom stereocenters. The second kappa shape index (κ2) is 6.75. The van der Waals surface area contributed by atoms with Crippen molar-refractivity contribution >= 4 is 33.6 Å². The molecule has 1 rings (SSSR count). The normalized spacial score (nSPS) is 11.1. The first kappa shape index (κ1) is 15.0. The van der Waals surface area contributed by atoms with Crippen LogP contribution in [0.1, 0.15) is 12.5 Å². The number of nitriles is 1. The Bertz CT molecular complexity index is 539. The van der Waals surface area contributed by atoms with Crippen molar-refractivity contribution < 1.29 is 9.59 Å². The molecule has 0 aliphatic carbocycles. The molecule has 1 unspecified atom stereocenters. The highest BCUT2D eigenvalue weighted by atomic mass is 79.9. The molecule has 0 radical (unpaired) electrons. The third-order valence-electron chi connectivity index (χ3n) is 2.33. The summed E-state index contributed by atoms with van der Waals surface area (Å²) in [4.78, 5) is 22.7. The third kappa shape index (κ3) is 4.26. The van der Waals surface area contributed by atoms with Gasteiger partial charge in [-0.1, -0.05) is 15.9 Å². The Labute approximate surface area is 119 Å². The summed E-state index contributed by atoms with van der Waals surface area (Å²) in [5, 5.41) is 16.3. The zero-order chi connectivity index (χ0) is 14.4. The highest BCUT2D eigenvalue weighted by Gasteiger charge is 2.16. The standard InChI is InChI=1S/C12H13BrN4O2/c1-7(11(18)17-12(19)15-2)16-10-4-3-9(13)5-8(10)6-14/h3-5,7,16H,1-2H3,(H2,15,17,18,19). The number of carbonyl (C=O) groups is 2. The number of urea groups is 1. The van der Waals surface area contributed by atoms with Gasteiger partial charge in [0, 0.05) is 11.5 Å². The minimum atomic E-state index is -0.648. The van der Waals surface area contributed by atoms with Crippen molar-refractivity contribution in [2.75, 3.05) is 12.4 Å². The molecule has 100 valence electrons. The van der Waals surface area contributed by atoms with Crippen LogP contribution in [0.2, 0.25) is 0 Å². The van der Waals surface area contributed by atoms with Gasteiger partial charge in [0.15, 0.2) is 0 Å². The Hall–Kier alpha value is -2.07. The average Bonchev–Trinajstić information content (AvgIpc) is 2.40. The second-order valence-corrected chi connectivity index (χ2v) is 4.65. The number of amides is 3. The Balaban J connectivity index is 2.77. The van der Waals surface area contributed by atoms with Gasteiger partial charge in [0.25, 0.3) is 0 Å². The van der Waals surface area contributed by atoms with Gasteiger partial charge < -0.3 is 10.6 Å². The molecule has 1 aromatic carbocycles. The Morgan fingerprint density at radius 3 is 2.68 bits per heavy atom. The van der Waals surface area contributed by atoms with Gasteiger partial charge in [-0.2, -0.15) is 5.26 Å². The monoisotopic (exact) mass is 324 g/mol. The fourth-order valence-corrected chi connectivity index (χ4v) is 1.68. The quantitative estimate of drug-likeness (QED) is 0.786. The summed E-state index contributed by atoms with van der Waals surface area (Å²) >= 11 is 3.26. The Morgan fingerprint density at radius 2 is 2.11 bits per heavy atom. The number of hydrogen-bond donors (Lipinski definition) is 3. The van der Waals surface area contributed by atoms with E-state index in [1.807, 2.05) is 6.07 Å². The summed E-state index contributed by atoms with van der Waals surface area (Å²) < 4.78 is 0.775. The first-order chi connectivity index (χ1) is 8.97. The van der Waals surface area contributed by atoms with Crippen LogP contribution in [-0.4, -0.2) is 25.0 Å². The van der Waals surface area contributed by atoms with Gasteiger partial charge in [0.1, 0.15) is 12.1 Å². The van der Waals surface area contributed by atoms with Gasteiger partial charge in [-0.05, 0) is 25.1 Å². The molecule has 0 bridgehead atoms. The number of nitrogens with one attached hydrogen (secondary N) is 3. The molecule has 3 N–H and O–H groups in total. The number of anilines is 1. The number of benzene rings is 1. The maximum atomic E-state index is 11.7. The molecule has 7 heteroatoms. The minimum absolute atomic E-state index is 0.411. The fraction of sp³-hybridized carbons (Fsp3) is 0.250. The van der Waals surface area contributed by atoms with E-state index in [4.69, 9.17) is 5.26 Å². The number of carbonyl (C=O) groups excluding carboxylic acids is 2. The third-order valence-corrected chi connectivity index (χ3v) is 2.82. The predicted octanol–water partition coefficient (Wildman–Crippen LogP) is 1.58. The van der Waals surface area contributed by atoms with Crippen molar-refractivity contribution in [2.45, 2.75) is 13.0 Å². The molecule has 0 aromatic heterocycles. The molecule has 19 heavy (non-hydrogen) atoms. The van der Waals surface area contributed by atoms with E-state index in [2.05, 4.69) is 31.9 Å². The van der Waals surface area contributed by atoms with Gasteiger partial charge in [0.2, 0.25) is 5.91 Å². The molecule has 0 aliphatic rings. The van der Waals surface area contributed by atoms with Crippen LogP contribution in [0.5, 0.6) is 0 Å². The predicted molar refractivity (Wildman–Crippen MR) is 74.5 cm³/mol. The first-order valence-corrected chi connectivity index (χ1v) is 6.26. The summed E-state index contributed by atoms with van der Waals surface area (Å²) in [7, 11) is 1.42. The number of hydrogen-bond acceptors (Lipinski definition) is 4. The van der Waals surface area contributed by atoms with Crippen LogP contribution in [0.25, 0.3) is 0 Å². The zero-order valence-electron chi connectivity index (χ0n) is 10.5. The molecule has 1 aromatic rings. The molecule has 0 saturated heterocycles. The van der Waals surface area contributed by atoms with Crippen LogP contribution in [0.15, 0.2) is 22.7 Å². The number of nitrogens with zero attached hydrogens (tertiary/aromatic N) is 1. The van der Waals surface area contributed by atoms with Gasteiger partial charge >= 0.3 is 6.03 Å². The van der Waals surface area contributed by atoms with Crippen LogP contribution in [0.3, 0.4) is 0 Å². The summed E-state index contributed by atoms with van der Waals surface area (Å²) in [6.07, 6.45) is 0. The van der Waals surface area contributed by atoms with Gasteiger partial charge in [-0.15, -0.1) is 0 Å². The summed E-state index contributed by atoms with van der Waals surface area (Å²) in [5.41, 5.74) is 0.944. The minimum Gasteiger partial charge on any atom is -0.373 e. The molecule has 0 saturated carbocycles. The molecule has 0 fully saturated rings. The maximum Gasteiger partial charge on any atom is 0.321 e.